The van der Waals surface area contributed by atoms with E-state index < -0.39 is 6.04 Å². The lowest BCUT2D eigenvalue weighted by molar-refractivity contribution is -0.149. The minimum absolute atomic E-state index is 0.0970. The molecule has 3 amide bonds. The van der Waals surface area contributed by atoms with E-state index in [0.29, 0.717) is 19.3 Å². The second-order valence-electron chi connectivity index (χ2n) is 11.9. The maximum Gasteiger partial charge on any atom is 0.243 e. The van der Waals surface area contributed by atoms with Gasteiger partial charge in [0.2, 0.25) is 17.7 Å². The molecule has 170 valence electrons. The highest BCUT2D eigenvalue weighted by atomic mass is 16.2. The molecule has 0 aromatic rings. The van der Waals surface area contributed by atoms with Crippen LogP contribution in [-0.2, 0) is 14.4 Å². The summed E-state index contributed by atoms with van der Waals surface area (Å²) >= 11 is 0. The van der Waals surface area contributed by atoms with Gasteiger partial charge in [-0.25, -0.2) is 0 Å². The van der Waals surface area contributed by atoms with Crippen molar-refractivity contribution in [2.75, 3.05) is 0 Å². The molecule has 6 rings (SSSR count). The predicted octanol–water partition coefficient (Wildman–Crippen LogP) is 4.07. The molecule has 5 nitrogen and oxygen atoms in total. The first-order valence-electron chi connectivity index (χ1n) is 12.6. The molecule has 0 spiro atoms. The molecule has 5 fully saturated rings. The van der Waals surface area contributed by atoms with Crippen molar-refractivity contribution in [2.45, 2.75) is 90.6 Å². The first kappa shape index (κ1) is 21.2. The third-order valence-corrected chi connectivity index (χ3v) is 9.21. The summed E-state index contributed by atoms with van der Waals surface area (Å²) in [5.74, 6) is 1.77. The summed E-state index contributed by atoms with van der Waals surface area (Å²) in [6, 6.07) is -0.582. The molecule has 0 unspecified atom stereocenters. The van der Waals surface area contributed by atoms with Crippen LogP contribution in [0.15, 0.2) is 12.2 Å². The fourth-order valence-electron chi connectivity index (χ4n) is 8.08. The Labute approximate surface area is 186 Å². The molecule has 0 aromatic heterocycles. The Balaban J connectivity index is 1.34. The minimum atomic E-state index is -0.679. The smallest absolute Gasteiger partial charge is 0.243 e. The van der Waals surface area contributed by atoms with Crippen molar-refractivity contribution in [2.24, 2.45) is 40.9 Å². The molecule has 0 aromatic carbocycles. The van der Waals surface area contributed by atoms with E-state index in [1.165, 1.54) is 43.4 Å². The van der Waals surface area contributed by atoms with Crippen molar-refractivity contribution in [3.63, 3.8) is 0 Å². The SMILES string of the molecule is CC(C)C[C@H](C(=O)N[C@H](C)C12CC3CC(CC(C3)C1)C2)N1C(=O)[C@H]2CC=CC[C@H]2C1=O. The van der Waals surface area contributed by atoms with Crippen LogP contribution in [0.5, 0.6) is 0 Å². The van der Waals surface area contributed by atoms with E-state index in [4.69, 9.17) is 0 Å². The van der Waals surface area contributed by atoms with Gasteiger partial charge in [0.05, 0.1) is 11.8 Å². The number of allylic oxidation sites excluding steroid dienone is 2. The molecule has 1 aliphatic heterocycles. The summed E-state index contributed by atoms with van der Waals surface area (Å²) in [7, 11) is 0. The summed E-state index contributed by atoms with van der Waals surface area (Å²) < 4.78 is 0. The average Bonchev–Trinajstić information content (AvgIpc) is 2.95. The van der Waals surface area contributed by atoms with E-state index in [1.54, 1.807) is 0 Å². The standard InChI is InChI=1S/C26H38N2O3/c1-15(2)8-22(28-24(30)20-6-4-5-7-21(20)25(28)31)23(29)27-16(3)26-12-17-9-18(13-26)11-19(10-17)14-26/h4-5,15-22H,6-14H2,1-3H3,(H,27,29)/t16-,17?,18?,19?,20-,21+,22-,26?/m1/s1. The van der Waals surface area contributed by atoms with Gasteiger partial charge in [-0.1, -0.05) is 26.0 Å². The number of nitrogens with zero attached hydrogens (tertiary/aromatic N) is 1. The highest BCUT2D eigenvalue weighted by molar-refractivity contribution is 6.08. The third-order valence-electron chi connectivity index (χ3n) is 9.21. The number of carbonyl (C=O) groups excluding carboxylic acids is 3. The third kappa shape index (κ3) is 3.56. The number of fused-ring (bicyclic) bond motifs is 1. The van der Waals surface area contributed by atoms with Crippen LogP contribution in [-0.4, -0.2) is 34.7 Å². The largest absolute Gasteiger partial charge is 0.351 e. The van der Waals surface area contributed by atoms with Gasteiger partial charge in [-0.15, -0.1) is 0 Å². The molecule has 1 heterocycles. The maximum absolute atomic E-state index is 13.6. The van der Waals surface area contributed by atoms with Gasteiger partial charge in [0.25, 0.3) is 0 Å². The normalized spacial score (nSPS) is 40.4. The number of carbonyl (C=O) groups is 3. The van der Waals surface area contributed by atoms with Crippen LogP contribution in [0.25, 0.3) is 0 Å². The van der Waals surface area contributed by atoms with Crippen LogP contribution >= 0.6 is 0 Å². The number of imide groups is 1. The van der Waals surface area contributed by atoms with Crippen molar-refractivity contribution >= 4 is 17.7 Å². The molecule has 1 saturated heterocycles. The average molecular weight is 427 g/mol. The van der Waals surface area contributed by atoms with E-state index in [-0.39, 0.29) is 46.9 Å². The Kier molecular flexibility index (Phi) is 5.29. The Morgan fingerprint density at radius 2 is 1.45 bits per heavy atom. The molecule has 31 heavy (non-hydrogen) atoms. The van der Waals surface area contributed by atoms with Gasteiger partial charge >= 0.3 is 0 Å². The summed E-state index contributed by atoms with van der Waals surface area (Å²) in [5, 5.41) is 3.34. The zero-order valence-electron chi connectivity index (χ0n) is 19.3. The molecule has 4 saturated carbocycles. The van der Waals surface area contributed by atoms with Gasteiger partial charge in [-0.2, -0.15) is 0 Å². The van der Waals surface area contributed by atoms with Crippen LogP contribution < -0.4 is 5.32 Å². The summed E-state index contributed by atoms with van der Waals surface area (Å²) in [6.07, 6.45) is 13.6. The van der Waals surface area contributed by atoms with Crippen LogP contribution in [0.4, 0.5) is 0 Å². The summed E-state index contributed by atoms with van der Waals surface area (Å²) in [5.41, 5.74) is 0.212. The Morgan fingerprint density at radius 3 is 1.90 bits per heavy atom. The molecule has 4 atom stereocenters. The van der Waals surface area contributed by atoms with Gasteiger partial charge in [0, 0.05) is 6.04 Å². The van der Waals surface area contributed by atoms with E-state index in [2.05, 4.69) is 26.1 Å². The van der Waals surface area contributed by atoms with E-state index in [1.807, 2.05) is 12.2 Å². The number of hydrogen-bond donors (Lipinski definition) is 1. The lowest BCUT2D eigenvalue weighted by atomic mass is 9.48. The van der Waals surface area contributed by atoms with Gasteiger partial charge in [0.1, 0.15) is 6.04 Å². The Hall–Kier alpha value is -1.65. The van der Waals surface area contributed by atoms with Crippen molar-refractivity contribution in [3.05, 3.63) is 12.2 Å². The topological polar surface area (TPSA) is 66.5 Å². The van der Waals surface area contributed by atoms with Gasteiger partial charge in [0.15, 0.2) is 0 Å². The molecular formula is C26H38N2O3. The van der Waals surface area contributed by atoms with E-state index >= 15 is 0 Å². The zero-order valence-corrected chi connectivity index (χ0v) is 19.3. The first-order chi connectivity index (χ1) is 14.8. The highest BCUT2D eigenvalue weighted by Crippen LogP contribution is 2.61. The van der Waals surface area contributed by atoms with Crippen molar-refractivity contribution in [1.29, 1.82) is 0 Å². The van der Waals surface area contributed by atoms with E-state index in [0.717, 1.165) is 17.8 Å². The lowest BCUT2D eigenvalue weighted by Crippen LogP contribution is -2.59. The molecule has 5 heteroatoms. The number of rotatable bonds is 6. The molecular weight excluding hydrogens is 388 g/mol. The molecule has 1 N–H and O–H groups in total. The number of amides is 3. The number of hydrogen-bond acceptors (Lipinski definition) is 3. The van der Waals surface area contributed by atoms with Gasteiger partial charge in [-0.05, 0) is 93.8 Å². The first-order valence-corrected chi connectivity index (χ1v) is 12.6. The van der Waals surface area contributed by atoms with Gasteiger partial charge < -0.3 is 5.32 Å². The van der Waals surface area contributed by atoms with Gasteiger partial charge in [-0.3, -0.25) is 19.3 Å². The van der Waals surface area contributed by atoms with Crippen LogP contribution in [0.2, 0.25) is 0 Å². The van der Waals surface area contributed by atoms with E-state index in [9.17, 15) is 14.4 Å². The van der Waals surface area contributed by atoms with Crippen LogP contribution in [0.3, 0.4) is 0 Å². The minimum Gasteiger partial charge on any atom is -0.351 e. The monoisotopic (exact) mass is 426 g/mol. The molecule has 0 radical (unpaired) electrons. The van der Waals surface area contributed by atoms with Crippen molar-refractivity contribution in [1.82, 2.24) is 10.2 Å². The van der Waals surface area contributed by atoms with Crippen LogP contribution in [0, 0.1) is 40.9 Å². The lowest BCUT2D eigenvalue weighted by Gasteiger charge is -2.59. The van der Waals surface area contributed by atoms with Crippen molar-refractivity contribution in [3.8, 4) is 0 Å². The zero-order chi connectivity index (χ0) is 21.9. The quantitative estimate of drug-likeness (QED) is 0.514. The fraction of sp³-hybridized carbons (Fsp3) is 0.808. The van der Waals surface area contributed by atoms with Crippen molar-refractivity contribution < 1.29 is 14.4 Å². The predicted molar refractivity (Wildman–Crippen MR) is 119 cm³/mol. The second kappa shape index (κ2) is 7.74. The molecule has 5 aliphatic carbocycles. The summed E-state index contributed by atoms with van der Waals surface area (Å²) in [4.78, 5) is 41.3. The summed E-state index contributed by atoms with van der Waals surface area (Å²) in [6.45, 7) is 6.29. The van der Waals surface area contributed by atoms with Crippen LogP contribution in [0.1, 0.15) is 78.6 Å². The Bertz CT molecular complexity index is 739. The molecule has 4 bridgehead atoms. The highest BCUT2D eigenvalue weighted by Gasteiger charge is 2.55. The fourth-order valence-corrected chi connectivity index (χ4v) is 8.08. The Morgan fingerprint density at radius 1 is 0.968 bits per heavy atom. The second-order valence-corrected chi connectivity index (χ2v) is 11.9. The number of likely N-dealkylation sites (tertiary alicyclic amines) is 1. The number of nitrogens with one attached hydrogen (secondary N) is 1. The molecule has 6 aliphatic rings. The maximum atomic E-state index is 13.6.